The number of hydrogen-bond acceptors (Lipinski definition) is 3. The van der Waals surface area contributed by atoms with Crippen LogP contribution < -0.4 is 5.32 Å². The van der Waals surface area contributed by atoms with Crippen LogP contribution in [0.3, 0.4) is 0 Å². The molecule has 1 amide bonds. The monoisotopic (exact) mass is 393 g/mol. The minimum Gasteiger partial charge on any atom is -0.444 e. The standard InChI is InChI=1S/C23H20ClNO3/c1-15-12-13-16(2)20(14-15)25-22(26)21(17-8-4-3-5-9-17)28-23(27)18-10-6-7-11-19(18)24/h3-14,21H,1-2H3,(H,25,26). The van der Waals surface area contributed by atoms with Crippen LogP contribution in [0.15, 0.2) is 72.8 Å². The molecule has 0 aromatic heterocycles. The van der Waals surface area contributed by atoms with Gasteiger partial charge in [-0.1, -0.05) is 66.2 Å². The average Bonchev–Trinajstić information content (AvgIpc) is 2.69. The minimum atomic E-state index is -1.11. The molecule has 0 aliphatic heterocycles. The van der Waals surface area contributed by atoms with Crippen LogP contribution in [0.4, 0.5) is 5.69 Å². The van der Waals surface area contributed by atoms with Gasteiger partial charge in [-0.05, 0) is 43.2 Å². The zero-order valence-corrected chi connectivity index (χ0v) is 16.4. The minimum absolute atomic E-state index is 0.213. The molecule has 0 saturated carbocycles. The van der Waals surface area contributed by atoms with Crippen molar-refractivity contribution in [2.75, 3.05) is 5.32 Å². The van der Waals surface area contributed by atoms with Crippen LogP contribution in [0.1, 0.15) is 33.2 Å². The van der Waals surface area contributed by atoms with E-state index in [1.807, 2.05) is 38.1 Å². The Morgan fingerprint density at radius 2 is 1.61 bits per heavy atom. The van der Waals surface area contributed by atoms with Crippen LogP contribution >= 0.6 is 11.6 Å². The lowest BCUT2D eigenvalue weighted by molar-refractivity contribution is -0.125. The van der Waals surface area contributed by atoms with Gasteiger partial charge in [-0.15, -0.1) is 0 Å². The number of halogens is 1. The summed E-state index contributed by atoms with van der Waals surface area (Å²) in [6.07, 6.45) is -1.11. The molecule has 0 spiro atoms. The van der Waals surface area contributed by atoms with Gasteiger partial charge in [-0.25, -0.2) is 4.79 Å². The lowest BCUT2D eigenvalue weighted by Gasteiger charge is -2.19. The summed E-state index contributed by atoms with van der Waals surface area (Å²) in [4.78, 5) is 25.6. The molecular formula is C23H20ClNO3. The van der Waals surface area contributed by atoms with Crippen LogP contribution in [0, 0.1) is 13.8 Å². The molecule has 1 N–H and O–H groups in total. The Hall–Kier alpha value is -3.11. The number of rotatable bonds is 5. The second-order valence-electron chi connectivity index (χ2n) is 6.48. The van der Waals surface area contributed by atoms with Crippen molar-refractivity contribution in [1.29, 1.82) is 0 Å². The van der Waals surface area contributed by atoms with Crippen molar-refractivity contribution in [2.24, 2.45) is 0 Å². The molecule has 0 saturated heterocycles. The third-order valence-corrected chi connectivity index (χ3v) is 4.64. The number of nitrogens with one attached hydrogen (secondary N) is 1. The molecule has 0 aliphatic rings. The van der Waals surface area contributed by atoms with Crippen LogP contribution in [-0.2, 0) is 9.53 Å². The van der Waals surface area contributed by atoms with E-state index < -0.39 is 18.0 Å². The van der Waals surface area contributed by atoms with Crippen molar-refractivity contribution in [3.8, 4) is 0 Å². The van der Waals surface area contributed by atoms with Crippen molar-refractivity contribution in [3.05, 3.63) is 100 Å². The van der Waals surface area contributed by atoms with Gasteiger partial charge in [-0.3, -0.25) is 4.79 Å². The zero-order valence-electron chi connectivity index (χ0n) is 15.6. The Bertz CT molecular complexity index is 1000. The van der Waals surface area contributed by atoms with Gasteiger partial charge in [0.2, 0.25) is 6.10 Å². The quantitative estimate of drug-likeness (QED) is 0.583. The van der Waals surface area contributed by atoms with Crippen molar-refractivity contribution < 1.29 is 14.3 Å². The van der Waals surface area contributed by atoms with E-state index in [2.05, 4.69) is 5.32 Å². The molecule has 5 heteroatoms. The van der Waals surface area contributed by atoms with E-state index in [1.54, 1.807) is 48.5 Å². The Morgan fingerprint density at radius 1 is 0.929 bits per heavy atom. The first kappa shape index (κ1) is 19.6. The fourth-order valence-electron chi connectivity index (χ4n) is 2.77. The smallest absolute Gasteiger partial charge is 0.340 e. The fraction of sp³-hybridized carbons (Fsp3) is 0.130. The molecule has 142 valence electrons. The first-order valence-electron chi connectivity index (χ1n) is 8.84. The summed E-state index contributed by atoms with van der Waals surface area (Å²) in [5.41, 5.74) is 3.41. The molecular weight excluding hydrogens is 374 g/mol. The number of amides is 1. The molecule has 0 fully saturated rings. The van der Waals surface area contributed by atoms with E-state index in [4.69, 9.17) is 16.3 Å². The molecule has 1 atom stereocenters. The SMILES string of the molecule is Cc1ccc(C)c(NC(=O)C(OC(=O)c2ccccc2Cl)c2ccccc2)c1. The molecule has 0 heterocycles. The van der Waals surface area contributed by atoms with Crippen molar-refractivity contribution >= 4 is 29.2 Å². The maximum atomic E-state index is 13.0. The zero-order chi connectivity index (χ0) is 20.1. The van der Waals surface area contributed by atoms with Gasteiger partial charge >= 0.3 is 5.97 Å². The number of benzene rings is 3. The van der Waals surface area contributed by atoms with Gasteiger partial charge in [0.25, 0.3) is 5.91 Å². The summed E-state index contributed by atoms with van der Waals surface area (Å²) in [6.45, 7) is 3.85. The summed E-state index contributed by atoms with van der Waals surface area (Å²) in [5.74, 6) is -1.09. The highest BCUT2D eigenvalue weighted by Crippen LogP contribution is 2.25. The second kappa shape index (κ2) is 8.72. The van der Waals surface area contributed by atoms with Gasteiger partial charge < -0.3 is 10.1 Å². The number of anilines is 1. The number of esters is 1. The van der Waals surface area contributed by atoms with Crippen molar-refractivity contribution in [2.45, 2.75) is 20.0 Å². The van der Waals surface area contributed by atoms with Gasteiger partial charge in [0.15, 0.2) is 0 Å². The molecule has 0 bridgehead atoms. The van der Waals surface area contributed by atoms with E-state index >= 15 is 0 Å². The van der Waals surface area contributed by atoms with Gasteiger partial charge in [0.1, 0.15) is 0 Å². The van der Waals surface area contributed by atoms with Gasteiger partial charge in [-0.2, -0.15) is 0 Å². The van der Waals surface area contributed by atoms with Crippen LogP contribution in [0.2, 0.25) is 5.02 Å². The normalized spacial score (nSPS) is 11.5. The highest BCUT2D eigenvalue weighted by Gasteiger charge is 2.27. The molecule has 3 aromatic rings. The summed E-state index contributed by atoms with van der Waals surface area (Å²) in [6, 6.07) is 21.3. The van der Waals surface area contributed by atoms with E-state index in [-0.39, 0.29) is 10.6 Å². The molecule has 1 unspecified atom stereocenters. The summed E-state index contributed by atoms with van der Waals surface area (Å²) in [7, 11) is 0. The predicted octanol–water partition coefficient (Wildman–Crippen LogP) is 5.49. The van der Waals surface area contributed by atoms with E-state index in [1.165, 1.54) is 0 Å². The molecule has 4 nitrogen and oxygen atoms in total. The largest absolute Gasteiger partial charge is 0.444 e. The molecule has 0 radical (unpaired) electrons. The fourth-order valence-corrected chi connectivity index (χ4v) is 2.98. The van der Waals surface area contributed by atoms with Crippen LogP contribution in [0.5, 0.6) is 0 Å². The van der Waals surface area contributed by atoms with Crippen molar-refractivity contribution in [3.63, 3.8) is 0 Å². The molecule has 28 heavy (non-hydrogen) atoms. The summed E-state index contributed by atoms with van der Waals surface area (Å²) >= 11 is 6.09. The Morgan fingerprint density at radius 3 is 2.32 bits per heavy atom. The first-order chi connectivity index (χ1) is 13.5. The maximum Gasteiger partial charge on any atom is 0.340 e. The summed E-state index contributed by atoms with van der Waals surface area (Å²) < 4.78 is 5.57. The number of aryl methyl sites for hydroxylation is 2. The third kappa shape index (κ3) is 4.59. The lowest BCUT2D eigenvalue weighted by atomic mass is 10.1. The Labute approximate surface area is 169 Å². The topological polar surface area (TPSA) is 55.4 Å². The average molecular weight is 394 g/mol. The third-order valence-electron chi connectivity index (χ3n) is 4.31. The second-order valence-corrected chi connectivity index (χ2v) is 6.89. The van der Waals surface area contributed by atoms with E-state index in [9.17, 15) is 9.59 Å². The van der Waals surface area contributed by atoms with Crippen LogP contribution in [0.25, 0.3) is 0 Å². The molecule has 3 aromatic carbocycles. The van der Waals surface area contributed by atoms with Crippen LogP contribution in [-0.4, -0.2) is 11.9 Å². The lowest BCUT2D eigenvalue weighted by Crippen LogP contribution is -2.26. The van der Waals surface area contributed by atoms with Gasteiger partial charge in [0, 0.05) is 11.3 Å². The maximum absolute atomic E-state index is 13.0. The first-order valence-corrected chi connectivity index (χ1v) is 9.22. The Kier molecular flexibility index (Phi) is 6.12. The number of carbonyl (C=O) groups excluding carboxylic acids is 2. The van der Waals surface area contributed by atoms with Gasteiger partial charge in [0.05, 0.1) is 10.6 Å². The van der Waals surface area contributed by atoms with E-state index in [0.717, 1.165) is 11.1 Å². The predicted molar refractivity (Wildman–Crippen MR) is 111 cm³/mol. The summed E-state index contributed by atoms with van der Waals surface area (Å²) in [5, 5.41) is 3.14. The molecule has 0 aliphatic carbocycles. The van der Waals surface area contributed by atoms with E-state index in [0.29, 0.717) is 11.3 Å². The number of carbonyl (C=O) groups is 2. The van der Waals surface area contributed by atoms with Crippen molar-refractivity contribution in [1.82, 2.24) is 0 Å². The number of hydrogen-bond donors (Lipinski definition) is 1. The highest BCUT2D eigenvalue weighted by molar-refractivity contribution is 6.33. The highest BCUT2D eigenvalue weighted by atomic mass is 35.5. The number of ether oxygens (including phenoxy) is 1. The molecule has 3 rings (SSSR count). The Balaban J connectivity index is 1.89.